The van der Waals surface area contributed by atoms with Crippen LogP contribution in [0.25, 0.3) is 6.08 Å². The van der Waals surface area contributed by atoms with Gasteiger partial charge in [0.05, 0.1) is 5.69 Å². The summed E-state index contributed by atoms with van der Waals surface area (Å²) in [6.45, 7) is 2.14. The van der Waals surface area contributed by atoms with E-state index < -0.39 is 5.41 Å². The summed E-state index contributed by atoms with van der Waals surface area (Å²) in [5.41, 5.74) is 3.58. The summed E-state index contributed by atoms with van der Waals surface area (Å²) in [4.78, 5) is 1.90. The minimum atomic E-state index is -0.429. The fraction of sp³-hybridized carbons (Fsp3) is 0.167. The lowest BCUT2D eigenvalue weighted by atomic mass is 9.75. The van der Waals surface area contributed by atoms with Crippen LogP contribution < -0.4 is 4.90 Å². The molecule has 1 unspecified atom stereocenters. The summed E-state index contributed by atoms with van der Waals surface area (Å²) in [5, 5.41) is 19.9. The number of benzene rings is 3. The average molecular weight is 359 g/mol. The first-order valence-corrected chi connectivity index (χ1v) is 8.95. The molecule has 1 atom stereocenters. The van der Waals surface area contributed by atoms with E-state index in [0.717, 1.165) is 22.4 Å². The van der Waals surface area contributed by atoms with Crippen LogP contribution in [0.2, 0.25) is 0 Å². The minimum absolute atomic E-state index is 0.243. The number of aromatic hydroxyl groups is 2. The van der Waals surface area contributed by atoms with Crippen molar-refractivity contribution in [2.45, 2.75) is 12.3 Å². The molecule has 2 N–H and O–H groups in total. The second-order valence-electron chi connectivity index (χ2n) is 7.09. The molecule has 0 aliphatic rings. The zero-order valence-electron chi connectivity index (χ0n) is 15.9. The number of rotatable bonds is 5. The first-order valence-electron chi connectivity index (χ1n) is 8.95. The lowest BCUT2D eigenvalue weighted by molar-refractivity contribution is 0.474. The SMILES string of the molecule is CN(C)c1cc(C(C)(C=Cc2ccccc2)c2ccc(O)cc2)ccc1O. The molecule has 0 aromatic heterocycles. The van der Waals surface area contributed by atoms with E-state index in [2.05, 4.69) is 31.2 Å². The Bertz CT molecular complexity index is 930. The van der Waals surface area contributed by atoms with Crippen molar-refractivity contribution >= 4 is 11.8 Å². The molecule has 0 spiro atoms. The van der Waals surface area contributed by atoms with Gasteiger partial charge in [-0.05, 0) is 47.9 Å². The molecule has 0 fully saturated rings. The zero-order chi connectivity index (χ0) is 19.4. The molecule has 3 rings (SSSR count). The van der Waals surface area contributed by atoms with Gasteiger partial charge in [0.15, 0.2) is 0 Å². The lowest BCUT2D eigenvalue weighted by Gasteiger charge is -2.29. The molecule has 27 heavy (non-hydrogen) atoms. The average Bonchev–Trinajstić information content (AvgIpc) is 2.67. The molecule has 0 saturated carbocycles. The molecule has 0 radical (unpaired) electrons. The molecule has 0 heterocycles. The molecule has 0 aliphatic carbocycles. The predicted octanol–water partition coefficient (Wildman–Crippen LogP) is 5.18. The van der Waals surface area contributed by atoms with Gasteiger partial charge >= 0.3 is 0 Å². The third-order valence-corrected chi connectivity index (χ3v) is 4.93. The number of hydrogen-bond donors (Lipinski definition) is 2. The molecule has 0 saturated heterocycles. The predicted molar refractivity (Wildman–Crippen MR) is 112 cm³/mol. The van der Waals surface area contributed by atoms with Crippen LogP contribution in [0.3, 0.4) is 0 Å². The number of anilines is 1. The maximum atomic E-state index is 10.2. The van der Waals surface area contributed by atoms with Gasteiger partial charge in [0, 0.05) is 19.5 Å². The Kier molecular flexibility index (Phi) is 5.22. The Balaban J connectivity index is 2.14. The molecule has 3 aromatic rings. The first-order chi connectivity index (χ1) is 12.9. The molecule has 0 aliphatic heterocycles. The van der Waals surface area contributed by atoms with Gasteiger partial charge in [-0.25, -0.2) is 0 Å². The maximum Gasteiger partial charge on any atom is 0.138 e. The van der Waals surface area contributed by atoms with Gasteiger partial charge < -0.3 is 15.1 Å². The molecule has 3 aromatic carbocycles. The van der Waals surface area contributed by atoms with Gasteiger partial charge in [0.2, 0.25) is 0 Å². The van der Waals surface area contributed by atoms with Crippen LogP contribution in [0.4, 0.5) is 5.69 Å². The van der Waals surface area contributed by atoms with Crippen LogP contribution in [0.1, 0.15) is 23.6 Å². The van der Waals surface area contributed by atoms with Gasteiger partial charge in [-0.15, -0.1) is 0 Å². The van der Waals surface area contributed by atoms with E-state index in [1.807, 2.05) is 61.5 Å². The monoisotopic (exact) mass is 359 g/mol. The second kappa shape index (κ2) is 7.58. The van der Waals surface area contributed by atoms with Crippen LogP contribution in [-0.2, 0) is 5.41 Å². The van der Waals surface area contributed by atoms with Crippen molar-refractivity contribution in [3.05, 3.63) is 95.6 Å². The quantitative estimate of drug-likeness (QED) is 0.659. The summed E-state index contributed by atoms with van der Waals surface area (Å²) in [6.07, 6.45) is 4.27. The van der Waals surface area contributed by atoms with E-state index in [4.69, 9.17) is 0 Å². The molecule has 3 nitrogen and oxygen atoms in total. The van der Waals surface area contributed by atoms with E-state index >= 15 is 0 Å². The molecular weight excluding hydrogens is 334 g/mol. The van der Waals surface area contributed by atoms with E-state index in [1.165, 1.54) is 0 Å². The molecule has 0 amide bonds. The minimum Gasteiger partial charge on any atom is -0.508 e. The standard InChI is InChI=1S/C24H25NO2/c1-24(19-9-12-21(26)13-10-19,16-15-18-7-5-4-6-8-18)20-11-14-23(27)22(17-20)25(2)3/h4-17,26-27H,1-3H3. The topological polar surface area (TPSA) is 43.7 Å². The van der Waals surface area contributed by atoms with Gasteiger partial charge in [0.1, 0.15) is 11.5 Å². The summed E-state index contributed by atoms with van der Waals surface area (Å²) in [7, 11) is 3.83. The summed E-state index contributed by atoms with van der Waals surface area (Å²) in [5.74, 6) is 0.497. The summed E-state index contributed by atoms with van der Waals surface area (Å²) in [6, 6.07) is 23.1. The number of phenolic OH excluding ortho intramolecular Hbond substituents is 2. The highest BCUT2D eigenvalue weighted by atomic mass is 16.3. The van der Waals surface area contributed by atoms with Gasteiger partial charge in [-0.1, -0.05) is 60.7 Å². The van der Waals surface area contributed by atoms with E-state index in [1.54, 1.807) is 18.2 Å². The molecule has 138 valence electrons. The Labute approximate surface area is 160 Å². The highest BCUT2D eigenvalue weighted by Gasteiger charge is 2.27. The normalized spacial score (nSPS) is 13.4. The second-order valence-corrected chi connectivity index (χ2v) is 7.09. The van der Waals surface area contributed by atoms with Gasteiger partial charge in [-0.3, -0.25) is 0 Å². The Morgan fingerprint density at radius 1 is 0.815 bits per heavy atom. The summed E-state index contributed by atoms with van der Waals surface area (Å²) >= 11 is 0. The molecule has 0 bridgehead atoms. The smallest absolute Gasteiger partial charge is 0.138 e. The first kappa shape index (κ1) is 18.6. The number of hydrogen-bond acceptors (Lipinski definition) is 3. The van der Waals surface area contributed by atoms with E-state index in [-0.39, 0.29) is 11.5 Å². The van der Waals surface area contributed by atoms with E-state index in [9.17, 15) is 10.2 Å². The third-order valence-electron chi connectivity index (χ3n) is 4.93. The van der Waals surface area contributed by atoms with Crippen molar-refractivity contribution in [2.24, 2.45) is 0 Å². The maximum absolute atomic E-state index is 10.2. The van der Waals surface area contributed by atoms with Crippen LogP contribution in [0, 0.1) is 0 Å². The van der Waals surface area contributed by atoms with Gasteiger partial charge in [-0.2, -0.15) is 0 Å². The lowest BCUT2D eigenvalue weighted by Crippen LogP contribution is -2.21. The number of phenols is 2. The van der Waals surface area contributed by atoms with Crippen molar-refractivity contribution in [2.75, 3.05) is 19.0 Å². The summed E-state index contributed by atoms with van der Waals surface area (Å²) < 4.78 is 0. The third kappa shape index (κ3) is 3.98. The largest absolute Gasteiger partial charge is 0.508 e. The number of allylic oxidation sites excluding steroid dienone is 1. The molecule has 3 heteroatoms. The highest BCUT2D eigenvalue weighted by Crippen LogP contribution is 2.38. The van der Waals surface area contributed by atoms with Crippen molar-refractivity contribution in [3.8, 4) is 11.5 Å². The van der Waals surface area contributed by atoms with E-state index in [0.29, 0.717) is 0 Å². The van der Waals surface area contributed by atoms with Crippen LogP contribution in [0.5, 0.6) is 11.5 Å². The van der Waals surface area contributed by atoms with Crippen molar-refractivity contribution in [3.63, 3.8) is 0 Å². The fourth-order valence-electron chi connectivity index (χ4n) is 3.20. The van der Waals surface area contributed by atoms with Crippen LogP contribution in [0.15, 0.2) is 78.9 Å². The van der Waals surface area contributed by atoms with Crippen LogP contribution in [-0.4, -0.2) is 24.3 Å². The number of nitrogens with zero attached hydrogens (tertiary/aromatic N) is 1. The Morgan fingerprint density at radius 2 is 1.44 bits per heavy atom. The van der Waals surface area contributed by atoms with Gasteiger partial charge in [0.25, 0.3) is 0 Å². The fourth-order valence-corrected chi connectivity index (χ4v) is 3.20. The Morgan fingerprint density at radius 3 is 2.07 bits per heavy atom. The highest BCUT2D eigenvalue weighted by molar-refractivity contribution is 5.63. The van der Waals surface area contributed by atoms with Crippen LogP contribution >= 0.6 is 0 Å². The molecular formula is C24H25NO2. The van der Waals surface area contributed by atoms with Crippen molar-refractivity contribution < 1.29 is 10.2 Å². The Hall–Kier alpha value is -3.20. The van der Waals surface area contributed by atoms with Crippen molar-refractivity contribution in [1.82, 2.24) is 0 Å². The van der Waals surface area contributed by atoms with Crippen molar-refractivity contribution in [1.29, 1.82) is 0 Å². The zero-order valence-corrected chi connectivity index (χ0v) is 15.9.